The van der Waals surface area contributed by atoms with Crippen molar-refractivity contribution in [2.75, 3.05) is 10.6 Å². The quantitative estimate of drug-likeness (QED) is 0.564. The number of aryl methyl sites for hydroxylation is 1. The van der Waals surface area contributed by atoms with Gasteiger partial charge in [0.2, 0.25) is 0 Å². The molecule has 8 nitrogen and oxygen atoms in total. The molecule has 0 bridgehead atoms. The molecule has 32 heavy (non-hydrogen) atoms. The number of rotatable bonds is 7. The van der Waals surface area contributed by atoms with E-state index < -0.39 is 11.2 Å². The highest BCUT2D eigenvalue weighted by Gasteiger charge is 2.29. The van der Waals surface area contributed by atoms with E-state index >= 15 is 0 Å². The second-order valence-electron chi connectivity index (χ2n) is 8.38. The summed E-state index contributed by atoms with van der Waals surface area (Å²) in [6.07, 6.45) is 6.09. The fourth-order valence-corrected chi connectivity index (χ4v) is 5.29. The van der Waals surface area contributed by atoms with Gasteiger partial charge in [-0.15, -0.1) is 11.3 Å². The zero-order chi connectivity index (χ0) is 22.8. The Balaban J connectivity index is 1.79. The largest absolute Gasteiger partial charge is 0.467 e. The highest BCUT2D eigenvalue weighted by molar-refractivity contribution is 7.14. The molecule has 3 aromatic rings. The van der Waals surface area contributed by atoms with E-state index in [1.165, 1.54) is 37.5 Å². The molecule has 1 amide bonds. The third-order valence-corrected chi connectivity index (χ3v) is 7.12. The molecule has 170 valence electrons. The van der Waals surface area contributed by atoms with Gasteiger partial charge < -0.3 is 10.2 Å². The van der Waals surface area contributed by atoms with E-state index in [0.717, 1.165) is 32.1 Å². The van der Waals surface area contributed by atoms with Crippen LogP contribution in [0, 0.1) is 5.92 Å². The molecule has 3 aromatic heterocycles. The number of nitrogens with zero attached hydrogens (tertiary/aromatic N) is 2. The summed E-state index contributed by atoms with van der Waals surface area (Å²) in [5.74, 6) is 0.756. The number of carbonyl (C=O) groups excluding carboxylic acids is 1. The summed E-state index contributed by atoms with van der Waals surface area (Å²) in [5.41, 5.74) is 6.22. The van der Waals surface area contributed by atoms with Gasteiger partial charge in [-0.25, -0.2) is 4.79 Å². The lowest BCUT2D eigenvalue weighted by Gasteiger charge is -2.23. The average molecular weight is 457 g/mol. The van der Waals surface area contributed by atoms with Gasteiger partial charge in [0, 0.05) is 11.4 Å². The molecule has 0 spiro atoms. The molecule has 0 fully saturated rings. The van der Waals surface area contributed by atoms with Crippen LogP contribution in [0.2, 0.25) is 0 Å². The summed E-state index contributed by atoms with van der Waals surface area (Å²) in [5, 5.41) is 0. The number of nitrogens with one attached hydrogen (secondary N) is 1. The van der Waals surface area contributed by atoms with Crippen molar-refractivity contribution in [3.63, 3.8) is 0 Å². The smallest absolute Gasteiger partial charge is 0.330 e. The zero-order valence-corrected chi connectivity index (χ0v) is 19.2. The molecular formula is C23H28N4O4S. The van der Waals surface area contributed by atoms with Crippen LogP contribution < -0.4 is 21.9 Å². The number of amides is 1. The first-order valence-corrected chi connectivity index (χ1v) is 11.8. The van der Waals surface area contributed by atoms with Gasteiger partial charge in [-0.2, -0.15) is 0 Å². The lowest BCUT2D eigenvalue weighted by Crippen LogP contribution is -2.40. The SMILES string of the molecule is CCCCn1c(N)c(N(Cc2ccco2)C(=O)c2cc3c(s2)CC[C@@H](C)C3)c(=O)[nH]c1=O. The van der Waals surface area contributed by atoms with Crippen molar-refractivity contribution in [3.8, 4) is 0 Å². The number of unbranched alkanes of at least 4 members (excludes halogenated alkanes) is 1. The molecule has 0 unspecified atom stereocenters. The third kappa shape index (κ3) is 4.29. The Morgan fingerprint density at radius 1 is 1.41 bits per heavy atom. The summed E-state index contributed by atoms with van der Waals surface area (Å²) < 4.78 is 6.78. The number of nitrogen functional groups attached to an aromatic ring is 1. The van der Waals surface area contributed by atoms with Gasteiger partial charge in [-0.05, 0) is 55.4 Å². The number of aromatic nitrogens is 2. The van der Waals surface area contributed by atoms with Crippen LogP contribution in [0.4, 0.5) is 11.5 Å². The summed E-state index contributed by atoms with van der Waals surface area (Å²) >= 11 is 1.47. The number of H-pyrrole nitrogens is 1. The number of hydrogen-bond acceptors (Lipinski definition) is 6. The van der Waals surface area contributed by atoms with Gasteiger partial charge in [0.1, 0.15) is 11.6 Å². The summed E-state index contributed by atoms with van der Waals surface area (Å²) in [4.78, 5) is 44.3. The predicted octanol–water partition coefficient (Wildman–Crippen LogP) is 3.55. The minimum Gasteiger partial charge on any atom is -0.467 e. The first-order valence-electron chi connectivity index (χ1n) is 11.0. The third-order valence-electron chi connectivity index (χ3n) is 5.90. The van der Waals surface area contributed by atoms with Crippen LogP contribution in [-0.2, 0) is 25.9 Å². The minimum atomic E-state index is -0.685. The fraction of sp³-hybridized carbons (Fsp3) is 0.435. The monoisotopic (exact) mass is 456 g/mol. The summed E-state index contributed by atoms with van der Waals surface area (Å²) in [6, 6.07) is 5.39. The van der Waals surface area contributed by atoms with Crippen LogP contribution in [-0.4, -0.2) is 15.5 Å². The Morgan fingerprint density at radius 3 is 2.94 bits per heavy atom. The Labute approximate surface area is 189 Å². The number of carbonyl (C=O) groups is 1. The minimum absolute atomic E-state index is 0.0120. The van der Waals surface area contributed by atoms with Crippen LogP contribution in [0.5, 0.6) is 0 Å². The molecular weight excluding hydrogens is 428 g/mol. The second-order valence-corrected chi connectivity index (χ2v) is 9.51. The summed E-state index contributed by atoms with van der Waals surface area (Å²) in [7, 11) is 0. The first kappa shape index (κ1) is 22.1. The van der Waals surface area contributed by atoms with Crippen molar-refractivity contribution in [3.05, 3.63) is 66.4 Å². The summed E-state index contributed by atoms with van der Waals surface area (Å²) in [6.45, 7) is 4.61. The maximum absolute atomic E-state index is 13.7. The highest BCUT2D eigenvalue weighted by atomic mass is 32.1. The number of furan rings is 1. The normalized spacial score (nSPS) is 15.5. The number of fused-ring (bicyclic) bond motifs is 1. The molecule has 1 atom stereocenters. The van der Waals surface area contributed by atoms with Crippen molar-refractivity contribution in [2.45, 2.75) is 59.0 Å². The Bertz CT molecular complexity index is 1220. The van der Waals surface area contributed by atoms with Gasteiger partial charge in [0.25, 0.3) is 11.5 Å². The van der Waals surface area contributed by atoms with Crippen molar-refractivity contribution in [2.24, 2.45) is 5.92 Å². The van der Waals surface area contributed by atoms with E-state index in [0.29, 0.717) is 23.1 Å². The molecule has 4 rings (SSSR count). The average Bonchev–Trinajstić information content (AvgIpc) is 3.41. The number of nitrogens with two attached hydrogens (primary N) is 1. The molecule has 1 aliphatic rings. The van der Waals surface area contributed by atoms with E-state index in [2.05, 4.69) is 11.9 Å². The molecule has 0 aromatic carbocycles. The molecule has 1 aliphatic carbocycles. The molecule has 3 N–H and O–H groups in total. The van der Waals surface area contributed by atoms with Gasteiger partial charge in [-0.3, -0.25) is 24.0 Å². The Hall–Kier alpha value is -3.07. The predicted molar refractivity (Wildman–Crippen MR) is 125 cm³/mol. The standard InChI is InChI=1S/C23H28N4O4S/c1-3-4-9-26-20(24)19(21(28)25-23(26)30)27(13-16-6-5-10-31-16)22(29)18-12-15-11-14(2)7-8-17(15)32-18/h5-6,10,12,14H,3-4,7-9,11,13,24H2,1-2H3,(H,25,28,30)/t14-/m1/s1. The van der Waals surface area contributed by atoms with Crippen molar-refractivity contribution < 1.29 is 9.21 Å². The van der Waals surface area contributed by atoms with Crippen LogP contribution >= 0.6 is 11.3 Å². The van der Waals surface area contributed by atoms with Gasteiger partial charge in [0.15, 0.2) is 5.69 Å². The molecule has 0 radical (unpaired) electrons. The van der Waals surface area contributed by atoms with Crippen molar-refractivity contribution in [1.29, 1.82) is 0 Å². The van der Waals surface area contributed by atoms with E-state index in [-0.39, 0.29) is 24.0 Å². The zero-order valence-electron chi connectivity index (χ0n) is 18.3. The van der Waals surface area contributed by atoms with E-state index in [4.69, 9.17) is 10.2 Å². The van der Waals surface area contributed by atoms with Crippen LogP contribution in [0.25, 0.3) is 0 Å². The maximum atomic E-state index is 13.7. The Morgan fingerprint density at radius 2 is 2.22 bits per heavy atom. The number of thiophene rings is 1. The van der Waals surface area contributed by atoms with E-state index in [1.54, 1.807) is 12.1 Å². The first-order chi connectivity index (χ1) is 15.4. The van der Waals surface area contributed by atoms with E-state index in [1.807, 2.05) is 13.0 Å². The van der Waals surface area contributed by atoms with Gasteiger partial charge in [-0.1, -0.05) is 20.3 Å². The van der Waals surface area contributed by atoms with E-state index in [9.17, 15) is 14.4 Å². The Kier molecular flexibility index (Phi) is 6.36. The molecule has 0 saturated carbocycles. The topological polar surface area (TPSA) is 114 Å². The number of aromatic amines is 1. The van der Waals surface area contributed by atoms with Crippen molar-refractivity contribution >= 4 is 28.7 Å². The molecule has 0 saturated heterocycles. The maximum Gasteiger partial charge on any atom is 0.330 e. The van der Waals surface area contributed by atoms with Gasteiger partial charge in [0.05, 0.1) is 17.7 Å². The van der Waals surface area contributed by atoms with Crippen LogP contribution in [0.3, 0.4) is 0 Å². The molecule has 3 heterocycles. The van der Waals surface area contributed by atoms with Crippen LogP contribution in [0.15, 0.2) is 38.5 Å². The van der Waals surface area contributed by atoms with Crippen LogP contribution in [0.1, 0.15) is 59.0 Å². The van der Waals surface area contributed by atoms with Gasteiger partial charge >= 0.3 is 5.69 Å². The highest BCUT2D eigenvalue weighted by Crippen LogP contribution is 2.34. The fourth-order valence-electron chi connectivity index (χ4n) is 4.13. The lowest BCUT2D eigenvalue weighted by molar-refractivity contribution is 0.0986. The van der Waals surface area contributed by atoms with Crippen molar-refractivity contribution in [1.82, 2.24) is 9.55 Å². The molecule has 9 heteroatoms. The lowest BCUT2D eigenvalue weighted by atomic mass is 9.90. The number of anilines is 2. The number of hydrogen-bond donors (Lipinski definition) is 2. The second kappa shape index (κ2) is 9.20. The molecule has 0 aliphatic heterocycles.